The van der Waals surface area contributed by atoms with Gasteiger partial charge in [-0.1, -0.05) is 11.6 Å². The molecule has 0 saturated carbocycles. The zero-order valence-electron chi connectivity index (χ0n) is 13.3. The molecule has 128 valence electrons. The van der Waals surface area contributed by atoms with Crippen molar-refractivity contribution >= 4 is 17.5 Å². The van der Waals surface area contributed by atoms with Gasteiger partial charge in [-0.2, -0.15) is 0 Å². The van der Waals surface area contributed by atoms with Gasteiger partial charge in [-0.15, -0.1) is 0 Å². The fourth-order valence-corrected chi connectivity index (χ4v) is 2.54. The minimum atomic E-state index is -0.428. The molecule has 0 unspecified atom stereocenters. The molecule has 2 aromatic carbocycles. The monoisotopic (exact) mass is 360 g/mol. The molecule has 0 saturated heterocycles. The third kappa shape index (κ3) is 3.80. The van der Waals surface area contributed by atoms with Crippen molar-refractivity contribution in [1.82, 2.24) is 10.3 Å². The van der Waals surface area contributed by atoms with Gasteiger partial charge in [0.2, 0.25) is 0 Å². The molecule has 1 aromatic heterocycles. The highest BCUT2D eigenvalue weighted by atomic mass is 35.5. The van der Waals surface area contributed by atoms with Gasteiger partial charge in [0, 0.05) is 22.7 Å². The minimum absolute atomic E-state index is 0.0252. The molecule has 0 aliphatic heterocycles. The Bertz CT molecular complexity index is 897. The van der Waals surface area contributed by atoms with Gasteiger partial charge in [-0.25, -0.2) is 9.37 Å². The molecule has 7 heteroatoms. The summed E-state index contributed by atoms with van der Waals surface area (Å²) < 4.78 is 24.3. The quantitative estimate of drug-likeness (QED) is 0.744. The molecule has 0 spiro atoms. The zero-order chi connectivity index (χ0) is 17.8. The third-order valence-electron chi connectivity index (χ3n) is 3.61. The first-order valence-corrected chi connectivity index (χ1v) is 7.75. The topological polar surface area (TPSA) is 64.4 Å². The van der Waals surface area contributed by atoms with Gasteiger partial charge in [0.25, 0.3) is 5.91 Å². The number of carbonyl (C=O) groups is 1. The summed E-state index contributed by atoms with van der Waals surface area (Å²) in [6.45, 7) is 0.0252. The first-order valence-electron chi connectivity index (χ1n) is 7.37. The average Bonchev–Trinajstić information content (AvgIpc) is 3.16. The van der Waals surface area contributed by atoms with Gasteiger partial charge in [0.1, 0.15) is 11.6 Å². The van der Waals surface area contributed by atoms with Crippen molar-refractivity contribution in [2.45, 2.75) is 6.54 Å². The number of amides is 1. The van der Waals surface area contributed by atoms with Crippen molar-refractivity contribution in [3.63, 3.8) is 0 Å². The largest absolute Gasteiger partial charge is 0.496 e. The summed E-state index contributed by atoms with van der Waals surface area (Å²) >= 11 is 5.85. The van der Waals surface area contributed by atoms with E-state index in [0.29, 0.717) is 33.2 Å². The van der Waals surface area contributed by atoms with Crippen molar-refractivity contribution < 1.29 is 18.3 Å². The van der Waals surface area contributed by atoms with E-state index in [1.54, 1.807) is 24.4 Å². The van der Waals surface area contributed by atoms with Crippen LogP contribution in [0, 0.1) is 5.82 Å². The number of halogens is 2. The molecule has 1 N–H and O–H groups in total. The van der Waals surface area contributed by atoms with E-state index in [1.165, 1.54) is 31.7 Å². The highest BCUT2D eigenvalue weighted by Crippen LogP contribution is 2.30. The first kappa shape index (κ1) is 17.0. The fourth-order valence-electron chi connectivity index (χ4n) is 2.34. The number of carbonyl (C=O) groups excluding carboxylic acids is 1. The highest BCUT2D eigenvalue weighted by Gasteiger charge is 2.14. The molecule has 0 atom stereocenters. The molecular weight excluding hydrogens is 347 g/mol. The Morgan fingerprint density at radius 2 is 2.16 bits per heavy atom. The van der Waals surface area contributed by atoms with E-state index in [4.69, 9.17) is 20.8 Å². The molecule has 3 rings (SSSR count). The van der Waals surface area contributed by atoms with Crippen LogP contribution in [0.2, 0.25) is 5.02 Å². The molecule has 25 heavy (non-hydrogen) atoms. The second-order valence-corrected chi connectivity index (χ2v) is 5.64. The summed E-state index contributed by atoms with van der Waals surface area (Å²) in [4.78, 5) is 16.2. The van der Waals surface area contributed by atoms with Crippen LogP contribution in [0.3, 0.4) is 0 Å². The van der Waals surface area contributed by atoms with Gasteiger partial charge in [0.15, 0.2) is 12.2 Å². The molecule has 0 aliphatic carbocycles. The number of aromatic nitrogens is 1. The molecule has 1 heterocycles. The number of nitrogens with one attached hydrogen (secondary N) is 1. The van der Waals surface area contributed by atoms with Crippen LogP contribution in [-0.4, -0.2) is 18.0 Å². The van der Waals surface area contributed by atoms with Crippen LogP contribution in [-0.2, 0) is 6.54 Å². The Labute approximate surface area is 148 Å². The lowest BCUT2D eigenvalue weighted by atomic mass is 10.1. The van der Waals surface area contributed by atoms with Crippen LogP contribution in [0.25, 0.3) is 11.3 Å². The van der Waals surface area contributed by atoms with Gasteiger partial charge in [-0.05, 0) is 36.4 Å². The maximum atomic E-state index is 13.7. The van der Waals surface area contributed by atoms with E-state index in [9.17, 15) is 9.18 Å². The van der Waals surface area contributed by atoms with Crippen molar-refractivity contribution in [3.8, 4) is 17.1 Å². The van der Waals surface area contributed by atoms with Crippen LogP contribution in [0.1, 0.15) is 15.9 Å². The molecule has 3 aromatic rings. The summed E-state index contributed by atoms with van der Waals surface area (Å²) in [5.74, 6) is 0.216. The SMILES string of the molecule is COc1cc(C(=O)NCc2cc(Cl)ccc2F)ccc1-c1cnco1. The van der Waals surface area contributed by atoms with Crippen LogP contribution in [0.5, 0.6) is 5.75 Å². The fraction of sp³-hybridized carbons (Fsp3) is 0.111. The van der Waals surface area contributed by atoms with E-state index < -0.39 is 5.82 Å². The second-order valence-electron chi connectivity index (χ2n) is 5.20. The van der Waals surface area contributed by atoms with E-state index in [-0.39, 0.29) is 12.5 Å². The maximum Gasteiger partial charge on any atom is 0.251 e. The molecule has 0 fully saturated rings. The van der Waals surface area contributed by atoms with Crippen LogP contribution < -0.4 is 10.1 Å². The standard InChI is InChI=1S/C18H14ClFN2O3/c1-24-16-7-11(2-4-14(16)17-9-21-10-25-17)18(23)22-8-12-6-13(19)3-5-15(12)20/h2-7,9-10H,8H2,1H3,(H,22,23). The van der Waals surface area contributed by atoms with E-state index >= 15 is 0 Å². The van der Waals surface area contributed by atoms with Crippen molar-refractivity contribution in [3.05, 3.63) is 71.0 Å². The smallest absolute Gasteiger partial charge is 0.251 e. The van der Waals surface area contributed by atoms with Crippen LogP contribution in [0.4, 0.5) is 4.39 Å². The Kier molecular flexibility index (Phi) is 5.00. The molecule has 0 bridgehead atoms. The number of methoxy groups -OCH3 is 1. The molecule has 0 radical (unpaired) electrons. The minimum Gasteiger partial charge on any atom is -0.496 e. The lowest BCUT2D eigenvalue weighted by Gasteiger charge is -2.10. The van der Waals surface area contributed by atoms with Gasteiger partial charge >= 0.3 is 0 Å². The molecular formula is C18H14ClFN2O3. The molecule has 0 aliphatic rings. The van der Waals surface area contributed by atoms with E-state index in [2.05, 4.69) is 10.3 Å². The third-order valence-corrected chi connectivity index (χ3v) is 3.84. The highest BCUT2D eigenvalue weighted by molar-refractivity contribution is 6.30. The van der Waals surface area contributed by atoms with Crippen LogP contribution >= 0.6 is 11.6 Å². The Morgan fingerprint density at radius 1 is 1.32 bits per heavy atom. The maximum absolute atomic E-state index is 13.7. The van der Waals surface area contributed by atoms with Gasteiger partial charge in [-0.3, -0.25) is 4.79 Å². The Hall–Kier alpha value is -2.86. The van der Waals surface area contributed by atoms with Crippen LogP contribution in [0.15, 0.2) is 53.4 Å². The normalized spacial score (nSPS) is 10.5. The number of ether oxygens (including phenoxy) is 1. The predicted octanol–water partition coefficient (Wildman–Crippen LogP) is 4.07. The second kappa shape index (κ2) is 7.36. The number of benzene rings is 2. The predicted molar refractivity (Wildman–Crippen MR) is 91.1 cm³/mol. The Morgan fingerprint density at radius 3 is 2.88 bits per heavy atom. The number of nitrogens with zero attached hydrogens (tertiary/aromatic N) is 1. The lowest BCUT2D eigenvalue weighted by molar-refractivity contribution is 0.0950. The van der Waals surface area contributed by atoms with Gasteiger partial charge < -0.3 is 14.5 Å². The van der Waals surface area contributed by atoms with E-state index in [0.717, 1.165) is 0 Å². The molecule has 5 nitrogen and oxygen atoms in total. The van der Waals surface area contributed by atoms with E-state index in [1.807, 2.05) is 0 Å². The average molecular weight is 361 g/mol. The van der Waals surface area contributed by atoms with Crippen molar-refractivity contribution in [2.24, 2.45) is 0 Å². The number of hydrogen-bond donors (Lipinski definition) is 1. The van der Waals surface area contributed by atoms with Gasteiger partial charge in [0.05, 0.1) is 18.9 Å². The Balaban J connectivity index is 1.77. The summed E-state index contributed by atoms with van der Waals surface area (Å²) in [6.07, 6.45) is 2.87. The lowest BCUT2D eigenvalue weighted by Crippen LogP contribution is -2.23. The molecule has 1 amide bonds. The summed E-state index contributed by atoms with van der Waals surface area (Å²) in [5, 5.41) is 3.07. The zero-order valence-corrected chi connectivity index (χ0v) is 14.0. The first-order chi connectivity index (χ1) is 12.1. The number of oxazole rings is 1. The summed E-state index contributed by atoms with van der Waals surface area (Å²) in [6, 6.07) is 9.11. The summed E-state index contributed by atoms with van der Waals surface area (Å²) in [7, 11) is 1.50. The number of rotatable bonds is 5. The van der Waals surface area contributed by atoms with Crippen molar-refractivity contribution in [1.29, 1.82) is 0 Å². The summed E-state index contributed by atoms with van der Waals surface area (Å²) in [5.41, 5.74) is 1.37. The number of hydrogen-bond acceptors (Lipinski definition) is 4. The van der Waals surface area contributed by atoms with Crippen molar-refractivity contribution in [2.75, 3.05) is 7.11 Å².